The average molecular weight is 259 g/mol. The molecule has 0 saturated heterocycles. The van der Waals surface area contributed by atoms with Gasteiger partial charge in [0.1, 0.15) is 0 Å². The van der Waals surface area contributed by atoms with Crippen molar-refractivity contribution in [2.75, 3.05) is 0 Å². The van der Waals surface area contributed by atoms with Gasteiger partial charge in [-0.05, 0) is 40.6 Å². The second-order valence-corrected chi connectivity index (χ2v) is 5.21. The van der Waals surface area contributed by atoms with Gasteiger partial charge in [-0.3, -0.25) is 4.79 Å². The lowest BCUT2D eigenvalue weighted by Crippen LogP contribution is -1.95. The van der Waals surface area contributed by atoms with Crippen LogP contribution in [-0.2, 0) is 11.2 Å². The van der Waals surface area contributed by atoms with Crippen LogP contribution in [0.3, 0.4) is 0 Å². The maximum Gasteiger partial charge on any atom is 0.160 e. The molecule has 0 aliphatic carbocycles. The van der Waals surface area contributed by atoms with Crippen molar-refractivity contribution >= 4 is 33.0 Å². The summed E-state index contributed by atoms with van der Waals surface area (Å²) in [5, 5.41) is 0. The lowest BCUT2D eigenvalue weighted by atomic mass is 10.2. The Morgan fingerprint density at radius 3 is 2.92 bits per heavy atom. The molecule has 0 amide bonds. The third-order valence-electron chi connectivity index (χ3n) is 1.52. The molecule has 1 nitrogen and oxygen atoms in total. The highest BCUT2D eigenvalue weighted by Gasteiger charge is 2.01. The number of allylic oxidation sites excluding steroid dienone is 2. The highest BCUT2D eigenvalue weighted by Crippen LogP contribution is 2.22. The molecule has 70 valence electrons. The van der Waals surface area contributed by atoms with Crippen LogP contribution in [0.5, 0.6) is 0 Å². The van der Waals surface area contributed by atoms with Crippen molar-refractivity contribution in [2.24, 2.45) is 0 Å². The van der Waals surface area contributed by atoms with Gasteiger partial charge in [-0.15, -0.1) is 11.3 Å². The van der Waals surface area contributed by atoms with Crippen LogP contribution < -0.4 is 0 Å². The first-order chi connectivity index (χ1) is 6.22. The normalized spacial score (nSPS) is 10.9. The van der Waals surface area contributed by atoms with E-state index >= 15 is 0 Å². The molecule has 3 heteroatoms. The first-order valence-electron chi connectivity index (χ1n) is 4.16. The van der Waals surface area contributed by atoms with E-state index in [2.05, 4.69) is 15.9 Å². The van der Waals surface area contributed by atoms with Crippen LogP contribution in [0.4, 0.5) is 0 Å². The molecule has 0 aliphatic rings. The Kier molecular flexibility index (Phi) is 4.39. The standard InChI is InChI=1S/C10H11BrOS/c1-2-3-4-8(12)7-9-5-6-10(11)13-9/h3-6H,2,7H2,1H3/b4-3+. The van der Waals surface area contributed by atoms with Crippen molar-refractivity contribution in [3.05, 3.63) is 32.9 Å². The lowest BCUT2D eigenvalue weighted by Gasteiger charge is -1.90. The van der Waals surface area contributed by atoms with E-state index in [4.69, 9.17) is 0 Å². The maximum absolute atomic E-state index is 11.3. The van der Waals surface area contributed by atoms with Crippen molar-refractivity contribution in [3.8, 4) is 0 Å². The zero-order chi connectivity index (χ0) is 9.68. The summed E-state index contributed by atoms with van der Waals surface area (Å²) in [7, 11) is 0. The number of hydrogen-bond acceptors (Lipinski definition) is 2. The molecule has 1 aromatic heterocycles. The third kappa shape index (κ3) is 3.87. The fraction of sp³-hybridized carbons (Fsp3) is 0.300. The monoisotopic (exact) mass is 258 g/mol. The Morgan fingerprint density at radius 1 is 1.62 bits per heavy atom. The first kappa shape index (κ1) is 10.7. The topological polar surface area (TPSA) is 17.1 Å². The second kappa shape index (κ2) is 5.35. The van der Waals surface area contributed by atoms with E-state index in [1.165, 1.54) is 0 Å². The smallest absolute Gasteiger partial charge is 0.160 e. The molecule has 0 aliphatic heterocycles. The number of thiophene rings is 1. The van der Waals surface area contributed by atoms with E-state index < -0.39 is 0 Å². The lowest BCUT2D eigenvalue weighted by molar-refractivity contribution is -0.114. The predicted molar refractivity (Wildman–Crippen MR) is 60.2 cm³/mol. The molecule has 13 heavy (non-hydrogen) atoms. The number of rotatable bonds is 4. The molecule has 0 saturated carbocycles. The van der Waals surface area contributed by atoms with Crippen molar-refractivity contribution in [1.29, 1.82) is 0 Å². The first-order valence-corrected chi connectivity index (χ1v) is 5.77. The Morgan fingerprint density at radius 2 is 2.38 bits per heavy atom. The minimum atomic E-state index is 0.177. The average Bonchev–Trinajstić information content (AvgIpc) is 2.48. The van der Waals surface area contributed by atoms with Gasteiger partial charge in [-0.1, -0.05) is 13.0 Å². The molecule has 1 rings (SSSR count). The predicted octanol–water partition coefficient (Wildman–Crippen LogP) is 3.59. The van der Waals surface area contributed by atoms with Crippen LogP contribution >= 0.6 is 27.3 Å². The summed E-state index contributed by atoms with van der Waals surface area (Å²) >= 11 is 4.98. The minimum Gasteiger partial charge on any atom is -0.294 e. The van der Waals surface area contributed by atoms with Gasteiger partial charge in [0, 0.05) is 11.3 Å². The molecule has 1 heterocycles. The van der Waals surface area contributed by atoms with Crippen molar-refractivity contribution in [2.45, 2.75) is 19.8 Å². The summed E-state index contributed by atoms with van der Waals surface area (Å²) in [5.74, 6) is 0.177. The van der Waals surface area contributed by atoms with Gasteiger partial charge in [0.25, 0.3) is 0 Å². The highest BCUT2D eigenvalue weighted by atomic mass is 79.9. The molecule has 0 N–H and O–H groups in total. The fourth-order valence-corrected chi connectivity index (χ4v) is 2.42. The molecular weight excluding hydrogens is 248 g/mol. The summed E-state index contributed by atoms with van der Waals surface area (Å²) in [6, 6.07) is 3.95. The van der Waals surface area contributed by atoms with E-state index in [0.29, 0.717) is 6.42 Å². The van der Waals surface area contributed by atoms with Crippen LogP contribution in [0.1, 0.15) is 18.2 Å². The van der Waals surface area contributed by atoms with Gasteiger partial charge in [0.15, 0.2) is 5.78 Å². The van der Waals surface area contributed by atoms with Gasteiger partial charge >= 0.3 is 0 Å². The zero-order valence-electron chi connectivity index (χ0n) is 7.42. The second-order valence-electron chi connectivity index (χ2n) is 2.66. The van der Waals surface area contributed by atoms with E-state index in [9.17, 15) is 4.79 Å². The highest BCUT2D eigenvalue weighted by molar-refractivity contribution is 9.11. The van der Waals surface area contributed by atoms with Crippen LogP contribution in [0.15, 0.2) is 28.1 Å². The molecule has 0 radical (unpaired) electrons. The molecule has 0 spiro atoms. The molecule has 1 aromatic rings. The van der Waals surface area contributed by atoms with Gasteiger partial charge in [0.2, 0.25) is 0 Å². The summed E-state index contributed by atoms with van der Waals surface area (Å²) in [4.78, 5) is 12.4. The Bertz CT molecular complexity index is 314. The molecule has 0 unspecified atom stereocenters. The van der Waals surface area contributed by atoms with Crippen molar-refractivity contribution in [3.63, 3.8) is 0 Å². The number of carbonyl (C=O) groups excluding carboxylic acids is 1. The van der Waals surface area contributed by atoms with E-state index in [1.807, 2.05) is 25.1 Å². The van der Waals surface area contributed by atoms with Crippen LogP contribution in [0.25, 0.3) is 0 Å². The van der Waals surface area contributed by atoms with Crippen LogP contribution in [-0.4, -0.2) is 5.78 Å². The Hall–Kier alpha value is -0.410. The SMILES string of the molecule is CC/C=C/C(=O)Cc1ccc(Br)s1. The van der Waals surface area contributed by atoms with Crippen LogP contribution in [0.2, 0.25) is 0 Å². The summed E-state index contributed by atoms with van der Waals surface area (Å²) in [6.07, 6.45) is 4.99. The van der Waals surface area contributed by atoms with Crippen LogP contribution in [0, 0.1) is 0 Å². The van der Waals surface area contributed by atoms with Gasteiger partial charge in [-0.25, -0.2) is 0 Å². The Labute approximate surface area is 90.6 Å². The summed E-state index contributed by atoms with van der Waals surface area (Å²) in [5.41, 5.74) is 0. The number of carbonyl (C=O) groups is 1. The molecular formula is C10H11BrOS. The zero-order valence-corrected chi connectivity index (χ0v) is 9.82. The third-order valence-corrected chi connectivity index (χ3v) is 3.14. The Balaban J connectivity index is 2.50. The van der Waals surface area contributed by atoms with Gasteiger partial charge in [-0.2, -0.15) is 0 Å². The van der Waals surface area contributed by atoms with Gasteiger partial charge < -0.3 is 0 Å². The number of ketones is 1. The van der Waals surface area contributed by atoms with E-state index in [-0.39, 0.29) is 5.78 Å². The van der Waals surface area contributed by atoms with E-state index in [1.54, 1.807) is 17.4 Å². The summed E-state index contributed by atoms with van der Waals surface area (Å²) < 4.78 is 1.08. The molecule has 0 fully saturated rings. The largest absolute Gasteiger partial charge is 0.294 e. The van der Waals surface area contributed by atoms with Gasteiger partial charge in [0.05, 0.1) is 3.79 Å². The number of halogens is 1. The maximum atomic E-state index is 11.3. The minimum absolute atomic E-state index is 0.177. The molecule has 0 bridgehead atoms. The molecule has 0 aromatic carbocycles. The van der Waals surface area contributed by atoms with Crippen molar-refractivity contribution < 1.29 is 4.79 Å². The van der Waals surface area contributed by atoms with E-state index in [0.717, 1.165) is 15.1 Å². The number of hydrogen-bond donors (Lipinski definition) is 0. The quantitative estimate of drug-likeness (QED) is 0.755. The van der Waals surface area contributed by atoms with Crippen molar-refractivity contribution in [1.82, 2.24) is 0 Å². The molecule has 0 atom stereocenters. The fourth-order valence-electron chi connectivity index (χ4n) is 0.927. The summed E-state index contributed by atoms with van der Waals surface area (Å²) in [6.45, 7) is 2.02.